The van der Waals surface area contributed by atoms with E-state index in [1.165, 1.54) is 4.31 Å². The number of anilines is 1. The molecule has 1 aliphatic heterocycles. The van der Waals surface area contributed by atoms with Crippen LogP contribution in [0.4, 0.5) is 5.69 Å². The summed E-state index contributed by atoms with van der Waals surface area (Å²) in [5, 5.41) is 4.23. The zero-order chi connectivity index (χ0) is 14.3. The molecule has 0 saturated heterocycles. The van der Waals surface area contributed by atoms with Crippen molar-refractivity contribution in [2.75, 3.05) is 10.8 Å². The summed E-state index contributed by atoms with van der Waals surface area (Å²) >= 11 is 0. The monoisotopic (exact) mass is 291 g/mol. The van der Waals surface area contributed by atoms with E-state index in [-0.39, 0.29) is 0 Å². The molecule has 5 nitrogen and oxygen atoms in total. The average Bonchev–Trinajstić information content (AvgIpc) is 3.02. The van der Waals surface area contributed by atoms with Crippen LogP contribution in [0.1, 0.15) is 18.2 Å². The predicted molar refractivity (Wildman–Crippen MR) is 77.3 cm³/mol. The van der Waals surface area contributed by atoms with Gasteiger partial charge in [-0.2, -0.15) is 5.10 Å². The van der Waals surface area contributed by atoms with Gasteiger partial charge in [0.25, 0.3) is 10.0 Å². The lowest BCUT2D eigenvalue weighted by Crippen LogP contribution is -2.29. The Labute approximate surface area is 118 Å². The van der Waals surface area contributed by atoms with Crippen LogP contribution in [0.2, 0.25) is 0 Å². The summed E-state index contributed by atoms with van der Waals surface area (Å²) in [6.07, 6.45) is 2.38. The number of hydrogen-bond donors (Lipinski definition) is 0. The molecule has 1 aromatic carbocycles. The molecule has 0 bridgehead atoms. The third kappa shape index (κ3) is 1.91. The molecule has 20 heavy (non-hydrogen) atoms. The molecule has 0 atom stereocenters. The van der Waals surface area contributed by atoms with Crippen molar-refractivity contribution in [3.05, 3.63) is 41.7 Å². The summed E-state index contributed by atoms with van der Waals surface area (Å²) in [5.74, 6) is 0. The largest absolute Gasteiger partial charge is 0.271 e. The van der Waals surface area contributed by atoms with E-state index in [4.69, 9.17) is 0 Å². The molecular weight excluding hydrogens is 274 g/mol. The van der Waals surface area contributed by atoms with Gasteiger partial charge in [-0.25, -0.2) is 8.42 Å². The van der Waals surface area contributed by atoms with E-state index in [9.17, 15) is 8.42 Å². The Balaban J connectivity index is 2.07. The molecule has 1 aromatic heterocycles. The van der Waals surface area contributed by atoms with E-state index in [1.807, 2.05) is 31.2 Å². The number of sulfonamides is 1. The molecule has 0 spiro atoms. The van der Waals surface area contributed by atoms with Gasteiger partial charge >= 0.3 is 0 Å². The lowest BCUT2D eigenvalue weighted by Gasteiger charge is -2.18. The third-order valence-electron chi connectivity index (χ3n) is 3.64. The zero-order valence-corrected chi connectivity index (χ0v) is 12.4. The maximum absolute atomic E-state index is 12.8. The molecule has 0 unspecified atom stereocenters. The number of aromatic nitrogens is 2. The number of nitrogens with zero attached hydrogens (tertiary/aromatic N) is 3. The molecule has 0 amide bonds. The third-order valence-corrected chi connectivity index (χ3v) is 5.55. The Morgan fingerprint density at radius 2 is 2.05 bits per heavy atom. The van der Waals surface area contributed by atoms with Crippen LogP contribution < -0.4 is 4.31 Å². The van der Waals surface area contributed by atoms with Crippen LogP contribution in [-0.2, 0) is 23.0 Å². The number of rotatable bonds is 3. The second-order valence-electron chi connectivity index (χ2n) is 4.89. The van der Waals surface area contributed by atoms with Gasteiger partial charge in [-0.3, -0.25) is 8.99 Å². The van der Waals surface area contributed by atoms with Crippen molar-refractivity contribution in [1.29, 1.82) is 0 Å². The van der Waals surface area contributed by atoms with Gasteiger partial charge in [0, 0.05) is 19.3 Å². The van der Waals surface area contributed by atoms with Crippen molar-refractivity contribution in [3.8, 4) is 0 Å². The highest BCUT2D eigenvalue weighted by Gasteiger charge is 2.32. The van der Waals surface area contributed by atoms with Crippen LogP contribution in [-0.4, -0.2) is 24.7 Å². The van der Waals surface area contributed by atoms with Crippen LogP contribution in [0.15, 0.2) is 35.4 Å². The van der Waals surface area contributed by atoms with E-state index >= 15 is 0 Å². The number of aryl methyl sites for hydroxylation is 2. The van der Waals surface area contributed by atoms with E-state index < -0.39 is 10.0 Å². The maximum Gasteiger partial charge on any atom is 0.267 e. The highest BCUT2D eigenvalue weighted by atomic mass is 32.2. The van der Waals surface area contributed by atoms with Gasteiger partial charge in [-0.1, -0.05) is 18.2 Å². The molecule has 6 heteroatoms. The number of fused-ring (bicyclic) bond motifs is 1. The van der Waals surface area contributed by atoms with Crippen molar-refractivity contribution < 1.29 is 8.42 Å². The summed E-state index contributed by atoms with van der Waals surface area (Å²) in [4.78, 5) is 0.302. The molecule has 2 heterocycles. The second kappa shape index (κ2) is 4.63. The Hall–Kier alpha value is -1.82. The van der Waals surface area contributed by atoms with E-state index in [1.54, 1.807) is 17.8 Å². The number of para-hydroxylation sites is 1. The molecule has 0 fully saturated rings. The Kier molecular flexibility index (Phi) is 3.05. The van der Waals surface area contributed by atoms with Crippen LogP contribution in [0.25, 0.3) is 0 Å². The fourth-order valence-electron chi connectivity index (χ4n) is 2.59. The molecule has 0 radical (unpaired) electrons. The fraction of sp³-hybridized carbons (Fsp3) is 0.357. The van der Waals surface area contributed by atoms with Crippen molar-refractivity contribution >= 4 is 15.7 Å². The lowest BCUT2D eigenvalue weighted by atomic mass is 10.2. The molecule has 0 aliphatic carbocycles. The van der Waals surface area contributed by atoms with E-state index in [0.717, 1.165) is 17.7 Å². The van der Waals surface area contributed by atoms with Crippen LogP contribution >= 0.6 is 0 Å². The van der Waals surface area contributed by atoms with Crippen LogP contribution in [0.5, 0.6) is 0 Å². The topological polar surface area (TPSA) is 55.2 Å². The zero-order valence-electron chi connectivity index (χ0n) is 11.6. The van der Waals surface area contributed by atoms with Gasteiger partial charge in [-0.05, 0) is 31.9 Å². The SMILES string of the molecule is CCn1cc(S(=O)(=O)N2CCc3ccccc32)c(C)n1. The van der Waals surface area contributed by atoms with Gasteiger partial charge in [0.05, 0.1) is 11.4 Å². The first-order valence-electron chi connectivity index (χ1n) is 6.68. The minimum atomic E-state index is -3.52. The standard InChI is InChI=1S/C14H17N3O2S/c1-3-16-10-14(11(2)15-16)20(18,19)17-9-8-12-6-4-5-7-13(12)17/h4-7,10H,3,8-9H2,1-2H3. The molecule has 106 valence electrons. The summed E-state index contributed by atoms with van der Waals surface area (Å²) < 4.78 is 28.8. The van der Waals surface area contributed by atoms with Gasteiger partial charge in [0.15, 0.2) is 0 Å². The molecule has 1 aliphatic rings. The predicted octanol–water partition coefficient (Wildman–Crippen LogP) is 1.96. The number of benzene rings is 1. The van der Waals surface area contributed by atoms with Gasteiger partial charge in [-0.15, -0.1) is 0 Å². The maximum atomic E-state index is 12.8. The van der Waals surface area contributed by atoms with Gasteiger partial charge < -0.3 is 0 Å². The van der Waals surface area contributed by atoms with E-state index in [0.29, 0.717) is 23.7 Å². The number of hydrogen-bond acceptors (Lipinski definition) is 3. The quantitative estimate of drug-likeness (QED) is 0.868. The first-order chi connectivity index (χ1) is 9.54. The smallest absolute Gasteiger partial charge is 0.267 e. The van der Waals surface area contributed by atoms with Crippen molar-refractivity contribution in [2.45, 2.75) is 31.7 Å². The van der Waals surface area contributed by atoms with Crippen molar-refractivity contribution in [3.63, 3.8) is 0 Å². The fourth-order valence-corrected chi connectivity index (χ4v) is 4.27. The van der Waals surface area contributed by atoms with Crippen LogP contribution in [0, 0.1) is 6.92 Å². The summed E-state index contributed by atoms with van der Waals surface area (Å²) in [6, 6.07) is 7.65. The summed E-state index contributed by atoms with van der Waals surface area (Å²) in [6.45, 7) is 4.83. The summed E-state index contributed by atoms with van der Waals surface area (Å²) in [5.41, 5.74) is 2.42. The molecule has 0 saturated carbocycles. The minimum absolute atomic E-state index is 0.302. The molecular formula is C14H17N3O2S. The second-order valence-corrected chi connectivity index (χ2v) is 6.72. The Morgan fingerprint density at radius 3 is 2.75 bits per heavy atom. The Bertz CT molecular complexity index is 750. The highest BCUT2D eigenvalue weighted by molar-refractivity contribution is 7.92. The molecule has 3 rings (SSSR count). The van der Waals surface area contributed by atoms with Crippen LogP contribution in [0.3, 0.4) is 0 Å². The average molecular weight is 291 g/mol. The lowest BCUT2D eigenvalue weighted by molar-refractivity contribution is 0.591. The van der Waals surface area contributed by atoms with Gasteiger partial charge in [0.1, 0.15) is 4.90 Å². The molecule has 2 aromatic rings. The van der Waals surface area contributed by atoms with E-state index in [2.05, 4.69) is 5.10 Å². The normalized spacial score (nSPS) is 14.6. The van der Waals surface area contributed by atoms with Gasteiger partial charge in [0.2, 0.25) is 0 Å². The first-order valence-corrected chi connectivity index (χ1v) is 8.12. The Morgan fingerprint density at radius 1 is 1.30 bits per heavy atom. The minimum Gasteiger partial charge on any atom is -0.271 e. The first kappa shape index (κ1) is 13.2. The van der Waals surface area contributed by atoms with Crippen molar-refractivity contribution in [1.82, 2.24) is 9.78 Å². The highest BCUT2D eigenvalue weighted by Crippen LogP contribution is 2.33. The summed E-state index contributed by atoms with van der Waals surface area (Å²) in [7, 11) is -3.52. The molecule has 0 N–H and O–H groups in total. The van der Waals surface area contributed by atoms with Crippen molar-refractivity contribution in [2.24, 2.45) is 0 Å².